The molecule has 0 saturated carbocycles. The number of fused-ring (bicyclic) bond motifs is 4. The molecule has 5 heteroatoms. The molecule has 1 heterocycles. The molecule has 5 nitrogen and oxygen atoms in total. The Kier molecular flexibility index (Phi) is 4.54. The summed E-state index contributed by atoms with van der Waals surface area (Å²) in [5.41, 5.74) is 3.65. The van der Waals surface area contributed by atoms with Crippen LogP contribution in [0.5, 0.6) is 5.75 Å². The van der Waals surface area contributed by atoms with Crippen molar-refractivity contribution in [3.63, 3.8) is 0 Å². The highest BCUT2D eigenvalue weighted by molar-refractivity contribution is 5.97. The van der Waals surface area contributed by atoms with Gasteiger partial charge >= 0.3 is 0 Å². The van der Waals surface area contributed by atoms with Gasteiger partial charge in [-0.2, -0.15) is 0 Å². The number of benzene rings is 3. The van der Waals surface area contributed by atoms with Crippen LogP contribution in [0.15, 0.2) is 53.3 Å². The molecule has 27 heavy (non-hydrogen) atoms. The highest BCUT2D eigenvalue weighted by Gasteiger charge is 2.18. The average Bonchev–Trinajstić information content (AvgIpc) is 2.68. The van der Waals surface area contributed by atoms with E-state index in [9.17, 15) is 4.79 Å². The molecular weight excluding hydrogens is 338 g/mol. The lowest BCUT2D eigenvalue weighted by molar-refractivity contribution is 0.388. The van der Waals surface area contributed by atoms with Crippen LogP contribution in [0, 0.1) is 0 Å². The van der Waals surface area contributed by atoms with E-state index in [1.165, 1.54) is 0 Å². The summed E-state index contributed by atoms with van der Waals surface area (Å²) in [7, 11) is 5.80. The van der Waals surface area contributed by atoms with Gasteiger partial charge < -0.3 is 14.2 Å². The first-order valence-corrected chi connectivity index (χ1v) is 9.13. The molecule has 2 aromatic rings. The van der Waals surface area contributed by atoms with E-state index in [4.69, 9.17) is 9.72 Å². The Hall–Kier alpha value is -2.92. The molecule has 0 bridgehead atoms. The largest absolute Gasteiger partial charge is 0.497 e. The highest BCUT2D eigenvalue weighted by atomic mass is 16.5. The van der Waals surface area contributed by atoms with E-state index in [1.54, 1.807) is 13.2 Å². The van der Waals surface area contributed by atoms with E-state index < -0.39 is 0 Å². The number of nitrogens with zero attached hydrogens (tertiary/aromatic N) is 3. The minimum Gasteiger partial charge on any atom is -0.497 e. The van der Waals surface area contributed by atoms with E-state index in [2.05, 4.69) is 23.6 Å². The summed E-state index contributed by atoms with van der Waals surface area (Å²) >= 11 is 0. The van der Waals surface area contributed by atoms with Crippen LogP contribution in [0.3, 0.4) is 0 Å². The number of aromatic nitrogens is 2. The Labute approximate surface area is 158 Å². The fourth-order valence-corrected chi connectivity index (χ4v) is 3.61. The van der Waals surface area contributed by atoms with Crippen molar-refractivity contribution in [1.82, 2.24) is 14.5 Å². The third kappa shape index (κ3) is 3.15. The van der Waals surface area contributed by atoms with Crippen LogP contribution in [-0.4, -0.2) is 42.2 Å². The van der Waals surface area contributed by atoms with Crippen LogP contribution >= 0.6 is 0 Å². The van der Waals surface area contributed by atoms with Crippen LogP contribution in [0.2, 0.25) is 0 Å². The number of aryl methyl sites for hydroxylation is 1. The summed E-state index contributed by atoms with van der Waals surface area (Å²) in [6.45, 7) is 1.78. The molecule has 0 radical (unpaired) electrons. The maximum atomic E-state index is 12.7. The molecule has 138 valence electrons. The summed E-state index contributed by atoms with van der Waals surface area (Å²) < 4.78 is 7.62. The molecule has 2 aliphatic rings. The van der Waals surface area contributed by atoms with Crippen LogP contribution in [0.1, 0.15) is 6.42 Å². The second-order valence-electron chi connectivity index (χ2n) is 7.06. The van der Waals surface area contributed by atoms with Gasteiger partial charge in [0.15, 0.2) is 5.43 Å². The molecule has 0 spiro atoms. The minimum atomic E-state index is 0.0310. The summed E-state index contributed by atoms with van der Waals surface area (Å²) in [4.78, 5) is 19.8. The van der Waals surface area contributed by atoms with Gasteiger partial charge in [0.2, 0.25) is 0 Å². The third-order valence-corrected chi connectivity index (χ3v) is 4.94. The van der Waals surface area contributed by atoms with E-state index in [1.807, 2.05) is 42.5 Å². The maximum absolute atomic E-state index is 12.7. The molecule has 0 fully saturated rings. The maximum Gasteiger partial charge on any atom is 0.188 e. The molecule has 0 atom stereocenters. The molecule has 0 saturated heterocycles. The predicted octanol–water partition coefficient (Wildman–Crippen LogP) is 3.61. The van der Waals surface area contributed by atoms with E-state index >= 15 is 0 Å². The smallest absolute Gasteiger partial charge is 0.188 e. The Balaban J connectivity index is 2.04. The van der Waals surface area contributed by atoms with Crippen molar-refractivity contribution >= 4 is 21.8 Å². The van der Waals surface area contributed by atoms with Gasteiger partial charge in [0.05, 0.1) is 29.5 Å². The van der Waals surface area contributed by atoms with Gasteiger partial charge in [0.1, 0.15) is 5.75 Å². The zero-order chi connectivity index (χ0) is 19.0. The van der Waals surface area contributed by atoms with Gasteiger partial charge in [-0.25, -0.2) is 4.98 Å². The summed E-state index contributed by atoms with van der Waals surface area (Å²) in [6, 6.07) is 15.3. The average molecular weight is 361 g/mol. The Bertz CT molecular complexity index is 1150. The van der Waals surface area contributed by atoms with Crippen molar-refractivity contribution in [2.75, 3.05) is 27.7 Å². The van der Waals surface area contributed by atoms with Crippen molar-refractivity contribution < 1.29 is 4.74 Å². The normalized spacial score (nSPS) is 11.7. The quantitative estimate of drug-likeness (QED) is 0.402. The first-order chi connectivity index (χ1) is 13.1. The van der Waals surface area contributed by atoms with Gasteiger partial charge in [0.25, 0.3) is 0 Å². The molecule has 1 aliphatic heterocycles. The summed E-state index contributed by atoms with van der Waals surface area (Å²) in [5.74, 6) is 0.785. The zero-order valence-corrected chi connectivity index (χ0v) is 15.9. The lowest BCUT2D eigenvalue weighted by atomic mass is 10.0. The van der Waals surface area contributed by atoms with Crippen LogP contribution in [0.4, 0.5) is 0 Å². The first kappa shape index (κ1) is 17.5. The molecule has 0 aromatic heterocycles. The standard InChI is InChI=1S/C22H23N3O2/c1-24(2)11-6-12-25-19-13-15(27-3)9-10-18(19)23-22-17-8-5-4-7-16(17)21(26)14-20(22)25/h4-5,7-10,13-14H,6,11-12H2,1-3H3. The van der Waals surface area contributed by atoms with Crippen molar-refractivity contribution in [3.05, 3.63) is 58.8 Å². The molecule has 0 N–H and O–H groups in total. The van der Waals surface area contributed by atoms with Crippen LogP contribution < -0.4 is 10.2 Å². The summed E-state index contributed by atoms with van der Waals surface area (Å²) in [6.07, 6.45) is 0.976. The number of methoxy groups -OCH3 is 1. The lowest BCUT2D eigenvalue weighted by Crippen LogP contribution is -2.17. The van der Waals surface area contributed by atoms with Crippen LogP contribution in [-0.2, 0) is 6.54 Å². The monoisotopic (exact) mass is 361 g/mol. The molecule has 0 amide bonds. The number of hydrogen-bond acceptors (Lipinski definition) is 4. The molecular formula is C22H23N3O2. The van der Waals surface area contributed by atoms with E-state index in [0.29, 0.717) is 5.39 Å². The highest BCUT2D eigenvalue weighted by Crippen LogP contribution is 2.31. The van der Waals surface area contributed by atoms with Gasteiger partial charge in [-0.1, -0.05) is 24.3 Å². The Morgan fingerprint density at radius 2 is 1.85 bits per heavy atom. The molecule has 1 aliphatic carbocycles. The first-order valence-electron chi connectivity index (χ1n) is 9.13. The number of rotatable bonds is 5. The number of hydrogen-bond donors (Lipinski definition) is 0. The SMILES string of the molecule is COc1ccc2nc3c4ccccc4c(=O)cc-3n(CCCN(C)C)c2c1. The van der Waals surface area contributed by atoms with Gasteiger partial charge in [0, 0.05) is 29.4 Å². The van der Waals surface area contributed by atoms with Crippen molar-refractivity contribution in [3.8, 4) is 17.1 Å². The fraction of sp³-hybridized carbons (Fsp3) is 0.273. The Morgan fingerprint density at radius 1 is 1.07 bits per heavy atom. The van der Waals surface area contributed by atoms with Crippen molar-refractivity contribution in [2.24, 2.45) is 0 Å². The van der Waals surface area contributed by atoms with Gasteiger partial charge in [-0.3, -0.25) is 4.79 Å². The Morgan fingerprint density at radius 3 is 2.59 bits per heavy atom. The third-order valence-electron chi connectivity index (χ3n) is 4.94. The predicted molar refractivity (Wildman–Crippen MR) is 110 cm³/mol. The molecule has 2 aromatic carbocycles. The second-order valence-corrected chi connectivity index (χ2v) is 7.06. The summed E-state index contributed by atoms with van der Waals surface area (Å²) in [5, 5.41) is 1.62. The second kappa shape index (κ2) is 7.00. The van der Waals surface area contributed by atoms with E-state index in [-0.39, 0.29) is 5.43 Å². The van der Waals surface area contributed by atoms with Gasteiger partial charge in [-0.15, -0.1) is 0 Å². The van der Waals surface area contributed by atoms with Crippen molar-refractivity contribution in [2.45, 2.75) is 13.0 Å². The lowest BCUT2D eigenvalue weighted by Gasteiger charge is -2.21. The topological polar surface area (TPSA) is 47.4 Å². The molecule has 0 unspecified atom stereocenters. The van der Waals surface area contributed by atoms with Crippen molar-refractivity contribution in [1.29, 1.82) is 0 Å². The fourth-order valence-electron chi connectivity index (χ4n) is 3.61. The zero-order valence-electron chi connectivity index (χ0n) is 15.9. The minimum absolute atomic E-state index is 0.0310. The van der Waals surface area contributed by atoms with Crippen LogP contribution in [0.25, 0.3) is 33.2 Å². The van der Waals surface area contributed by atoms with E-state index in [0.717, 1.165) is 53.1 Å². The molecule has 4 rings (SSSR count). The van der Waals surface area contributed by atoms with Gasteiger partial charge in [-0.05, 0) is 39.2 Å². The number of ether oxygens (including phenoxy) is 1.